The number of carbonyl (C=O) groups excluding carboxylic acids is 2. The van der Waals surface area contributed by atoms with Crippen molar-refractivity contribution in [3.8, 4) is 17.1 Å². The molecule has 0 bridgehead atoms. The Morgan fingerprint density at radius 2 is 1.97 bits per heavy atom. The number of ether oxygens (including phenoxy) is 2. The predicted molar refractivity (Wildman–Crippen MR) is 107 cm³/mol. The van der Waals surface area contributed by atoms with Gasteiger partial charge in [0.1, 0.15) is 11.4 Å². The van der Waals surface area contributed by atoms with E-state index in [0.29, 0.717) is 6.42 Å². The second-order valence-electron chi connectivity index (χ2n) is 8.49. The van der Waals surface area contributed by atoms with E-state index in [1.165, 1.54) is 18.3 Å². The van der Waals surface area contributed by atoms with E-state index in [0.717, 1.165) is 12.1 Å². The van der Waals surface area contributed by atoms with Crippen LogP contribution in [0.25, 0.3) is 11.3 Å². The second kappa shape index (κ2) is 8.71. The van der Waals surface area contributed by atoms with E-state index >= 15 is 0 Å². The molecule has 2 heterocycles. The highest BCUT2D eigenvalue weighted by Gasteiger charge is 2.36. The molecule has 0 saturated carbocycles. The number of carbonyl (C=O) groups is 2. The van der Waals surface area contributed by atoms with Gasteiger partial charge in [-0.2, -0.15) is 0 Å². The maximum atomic E-state index is 12.5. The van der Waals surface area contributed by atoms with Crippen molar-refractivity contribution in [2.45, 2.75) is 58.2 Å². The minimum atomic E-state index is -4.82. The first-order chi connectivity index (χ1) is 14.8. The molecule has 1 aromatic carbocycles. The Hall–Kier alpha value is -3.24. The van der Waals surface area contributed by atoms with Crippen LogP contribution >= 0.6 is 0 Å². The Labute approximate surface area is 182 Å². The van der Waals surface area contributed by atoms with E-state index in [-0.39, 0.29) is 35.8 Å². The lowest BCUT2D eigenvalue weighted by Gasteiger charge is -2.26. The van der Waals surface area contributed by atoms with Gasteiger partial charge < -0.3 is 24.1 Å². The first kappa shape index (κ1) is 23.4. The summed E-state index contributed by atoms with van der Waals surface area (Å²) in [7, 11) is 0. The molecule has 0 aliphatic carbocycles. The Morgan fingerprint density at radius 1 is 1.25 bits per heavy atom. The fourth-order valence-corrected chi connectivity index (χ4v) is 3.32. The zero-order valence-corrected chi connectivity index (χ0v) is 18.0. The topological polar surface area (TPSA) is 93.9 Å². The zero-order chi connectivity index (χ0) is 23.7. The van der Waals surface area contributed by atoms with Gasteiger partial charge in [0.2, 0.25) is 0 Å². The standard InChI is InChI=1S/C21H24F3N3O5/c1-12-8-14(11-27(12)19(29)32-20(2,3)4)26-17(28)18-25-10-16(30-18)13-6-5-7-15(9-13)31-21(22,23)24/h5-7,9-10,12,14H,8,11H2,1-4H3,(H,26,28)/t12-,14-/m1/s1. The van der Waals surface area contributed by atoms with Crippen LogP contribution in [0.3, 0.4) is 0 Å². The van der Waals surface area contributed by atoms with Crippen LogP contribution in [0, 0.1) is 0 Å². The Morgan fingerprint density at radius 3 is 2.62 bits per heavy atom. The SMILES string of the molecule is C[C@@H]1C[C@@H](NC(=O)c2ncc(-c3cccc(OC(F)(F)F)c3)o2)CN1C(=O)OC(C)(C)C. The van der Waals surface area contributed by atoms with Gasteiger partial charge in [0.05, 0.1) is 6.20 Å². The molecule has 32 heavy (non-hydrogen) atoms. The number of hydrogen-bond donors (Lipinski definition) is 1. The molecule has 2 atom stereocenters. The highest BCUT2D eigenvalue weighted by Crippen LogP contribution is 2.28. The van der Waals surface area contributed by atoms with Gasteiger partial charge in [0.25, 0.3) is 5.89 Å². The number of aromatic nitrogens is 1. The normalized spacial score (nSPS) is 19.0. The summed E-state index contributed by atoms with van der Waals surface area (Å²) < 4.78 is 52.0. The fourth-order valence-electron chi connectivity index (χ4n) is 3.32. The summed E-state index contributed by atoms with van der Waals surface area (Å²) in [6, 6.07) is 4.69. The number of benzene rings is 1. The molecule has 0 spiro atoms. The molecule has 1 saturated heterocycles. The van der Waals surface area contributed by atoms with Gasteiger partial charge in [0.15, 0.2) is 5.76 Å². The fraction of sp³-hybridized carbons (Fsp3) is 0.476. The van der Waals surface area contributed by atoms with Crippen LogP contribution in [0.15, 0.2) is 34.9 Å². The lowest BCUT2D eigenvalue weighted by Crippen LogP contribution is -2.41. The number of likely N-dealkylation sites (tertiary alicyclic amines) is 1. The zero-order valence-electron chi connectivity index (χ0n) is 18.0. The Bertz CT molecular complexity index is 984. The van der Waals surface area contributed by atoms with Crippen molar-refractivity contribution in [2.75, 3.05) is 6.54 Å². The lowest BCUT2D eigenvalue weighted by molar-refractivity contribution is -0.274. The number of oxazole rings is 1. The number of nitrogens with one attached hydrogen (secondary N) is 1. The van der Waals surface area contributed by atoms with Gasteiger partial charge in [-0.25, -0.2) is 9.78 Å². The summed E-state index contributed by atoms with van der Waals surface area (Å²) >= 11 is 0. The van der Waals surface area contributed by atoms with Gasteiger partial charge in [-0.15, -0.1) is 13.2 Å². The second-order valence-corrected chi connectivity index (χ2v) is 8.49. The van der Waals surface area contributed by atoms with Gasteiger partial charge in [0, 0.05) is 24.2 Å². The number of amides is 2. The van der Waals surface area contributed by atoms with Crippen molar-refractivity contribution in [1.29, 1.82) is 0 Å². The molecule has 1 N–H and O–H groups in total. The third-order valence-electron chi connectivity index (χ3n) is 4.59. The van der Waals surface area contributed by atoms with Crippen molar-refractivity contribution in [2.24, 2.45) is 0 Å². The van der Waals surface area contributed by atoms with Gasteiger partial charge in [-0.1, -0.05) is 12.1 Å². The molecule has 3 rings (SSSR count). The van der Waals surface area contributed by atoms with Crippen LogP contribution in [-0.2, 0) is 4.74 Å². The van der Waals surface area contributed by atoms with Crippen LogP contribution in [0.2, 0.25) is 0 Å². The van der Waals surface area contributed by atoms with Gasteiger partial charge in [-0.3, -0.25) is 4.79 Å². The number of alkyl halides is 3. The van der Waals surface area contributed by atoms with Crippen molar-refractivity contribution in [3.63, 3.8) is 0 Å². The van der Waals surface area contributed by atoms with Crippen LogP contribution in [-0.4, -0.2) is 52.5 Å². The molecule has 174 valence electrons. The van der Waals surface area contributed by atoms with Crippen LogP contribution in [0.4, 0.5) is 18.0 Å². The molecule has 2 aromatic rings. The largest absolute Gasteiger partial charge is 0.573 e. The molecule has 0 unspecified atom stereocenters. The predicted octanol–water partition coefficient (Wildman–Crippen LogP) is 4.37. The van der Waals surface area contributed by atoms with Gasteiger partial charge in [-0.05, 0) is 46.2 Å². The van der Waals surface area contributed by atoms with E-state index in [1.54, 1.807) is 25.7 Å². The Kier molecular flexibility index (Phi) is 6.38. The Balaban J connectivity index is 1.63. The average Bonchev–Trinajstić information content (AvgIpc) is 3.26. The summed E-state index contributed by atoms with van der Waals surface area (Å²) in [6.45, 7) is 7.45. The molecule has 1 aromatic heterocycles. The molecule has 1 aliphatic heterocycles. The first-order valence-corrected chi connectivity index (χ1v) is 9.93. The molecule has 11 heteroatoms. The van der Waals surface area contributed by atoms with Crippen LogP contribution in [0.5, 0.6) is 5.75 Å². The van der Waals surface area contributed by atoms with Crippen molar-refractivity contribution < 1.29 is 36.7 Å². The van der Waals surface area contributed by atoms with E-state index in [9.17, 15) is 22.8 Å². The van der Waals surface area contributed by atoms with Crippen molar-refractivity contribution in [3.05, 3.63) is 36.4 Å². The number of hydrogen-bond acceptors (Lipinski definition) is 6. The maximum Gasteiger partial charge on any atom is 0.573 e. The molecular formula is C21H24F3N3O5. The smallest absolute Gasteiger partial charge is 0.444 e. The maximum absolute atomic E-state index is 12.5. The monoisotopic (exact) mass is 455 g/mol. The first-order valence-electron chi connectivity index (χ1n) is 9.93. The summed E-state index contributed by atoms with van der Waals surface area (Å²) in [6.07, 6.45) is -3.51. The highest BCUT2D eigenvalue weighted by atomic mass is 19.4. The summed E-state index contributed by atoms with van der Waals surface area (Å²) in [5.41, 5.74) is -0.362. The quantitative estimate of drug-likeness (QED) is 0.736. The summed E-state index contributed by atoms with van der Waals surface area (Å²) in [5.74, 6) is -1.15. The molecule has 2 amide bonds. The molecule has 1 aliphatic rings. The number of rotatable bonds is 4. The van der Waals surface area contributed by atoms with Crippen LogP contribution < -0.4 is 10.1 Å². The van der Waals surface area contributed by atoms with Crippen molar-refractivity contribution >= 4 is 12.0 Å². The lowest BCUT2D eigenvalue weighted by atomic mass is 10.2. The molecule has 0 radical (unpaired) electrons. The average molecular weight is 455 g/mol. The third-order valence-corrected chi connectivity index (χ3v) is 4.59. The highest BCUT2D eigenvalue weighted by molar-refractivity contribution is 5.90. The minimum absolute atomic E-state index is 0.109. The number of halogens is 3. The van der Waals surface area contributed by atoms with E-state index < -0.39 is 29.7 Å². The van der Waals surface area contributed by atoms with E-state index in [1.807, 2.05) is 6.92 Å². The van der Waals surface area contributed by atoms with E-state index in [2.05, 4.69) is 15.0 Å². The minimum Gasteiger partial charge on any atom is -0.444 e. The molecular weight excluding hydrogens is 431 g/mol. The third kappa shape index (κ3) is 6.14. The van der Waals surface area contributed by atoms with Crippen LogP contribution in [0.1, 0.15) is 44.8 Å². The summed E-state index contributed by atoms with van der Waals surface area (Å²) in [5, 5.41) is 2.76. The summed E-state index contributed by atoms with van der Waals surface area (Å²) in [4.78, 5) is 30.3. The molecule has 8 nitrogen and oxygen atoms in total. The van der Waals surface area contributed by atoms with Gasteiger partial charge >= 0.3 is 18.4 Å². The number of nitrogens with zero attached hydrogens (tertiary/aromatic N) is 2. The van der Waals surface area contributed by atoms with E-state index in [4.69, 9.17) is 9.15 Å². The van der Waals surface area contributed by atoms with Crippen molar-refractivity contribution in [1.82, 2.24) is 15.2 Å². The molecule has 1 fully saturated rings.